The third-order valence-corrected chi connectivity index (χ3v) is 3.93. The minimum Gasteiger partial charge on any atom is -0.392 e. The monoisotopic (exact) mass is 298 g/mol. The second-order valence-electron chi connectivity index (χ2n) is 5.97. The molecule has 0 saturated carbocycles. The molecule has 1 saturated heterocycles. The first kappa shape index (κ1) is 15.6. The van der Waals surface area contributed by atoms with Crippen LogP contribution >= 0.6 is 11.6 Å². The molecule has 1 aliphatic rings. The van der Waals surface area contributed by atoms with Gasteiger partial charge in [0.05, 0.1) is 12.2 Å². The molecule has 0 aromatic heterocycles. The van der Waals surface area contributed by atoms with E-state index in [9.17, 15) is 10.2 Å². The molecular weight excluding hydrogens is 276 g/mol. The molecular formula is C15H23ClN2O2. The van der Waals surface area contributed by atoms with Crippen molar-refractivity contribution in [2.24, 2.45) is 0 Å². The number of aliphatic hydroxyl groups excluding tert-OH is 1. The summed E-state index contributed by atoms with van der Waals surface area (Å²) in [6.45, 7) is 7.87. The van der Waals surface area contributed by atoms with Crippen LogP contribution in [0.4, 0.5) is 5.69 Å². The highest BCUT2D eigenvalue weighted by Crippen LogP contribution is 2.28. The molecule has 0 radical (unpaired) electrons. The minimum atomic E-state index is -0.658. The Bertz CT molecular complexity index is 452. The Morgan fingerprint density at radius 2 is 1.85 bits per heavy atom. The number of rotatable bonds is 4. The van der Waals surface area contributed by atoms with E-state index < -0.39 is 5.60 Å². The molecule has 112 valence electrons. The van der Waals surface area contributed by atoms with Gasteiger partial charge in [0.2, 0.25) is 0 Å². The normalized spacial score (nSPS) is 17.6. The predicted molar refractivity (Wildman–Crippen MR) is 82.3 cm³/mol. The Morgan fingerprint density at radius 3 is 2.40 bits per heavy atom. The Labute approximate surface area is 125 Å². The summed E-state index contributed by atoms with van der Waals surface area (Å²) >= 11 is 6.13. The van der Waals surface area contributed by atoms with E-state index in [2.05, 4.69) is 9.80 Å². The summed E-state index contributed by atoms with van der Waals surface area (Å²) < 4.78 is 0. The zero-order valence-electron chi connectivity index (χ0n) is 12.1. The number of β-amino-alcohol motifs (C(OH)–C–C–N with tert-alkyl or cyclic N) is 1. The molecule has 0 atom stereocenters. The average molecular weight is 299 g/mol. The standard InChI is InChI=1S/C15H23ClN2O2/c1-15(2,20)11-17-6-8-18(9-7-17)14-5-3-4-13(16)12(14)10-19/h3-5,19-20H,6-11H2,1-2H3. The molecule has 0 spiro atoms. The van der Waals surface area contributed by atoms with Crippen LogP contribution in [0.5, 0.6) is 0 Å². The first-order chi connectivity index (χ1) is 9.40. The van der Waals surface area contributed by atoms with Gasteiger partial charge in [0.1, 0.15) is 0 Å². The van der Waals surface area contributed by atoms with Crippen molar-refractivity contribution in [3.8, 4) is 0 Å². The van der Waals surface area contributed by atoms with E-state index in [1.807, 2.05) is 26.0 Å². The smallest absolute Gasteiger partial charge is 0.0718 e. The third-order valence-electron chi connectivity index (χ3n) is 3.58. The van der Waals surface area contributed by atoms with Crippen LogP contribution in [-0.2, 0) is 6.61 Å². The SMILES string of the molecule is CC(C)(O)CN1CCN(c2cccc(Cl)c2CO)CC1. The Balaban J connectivity index is 2.02. The Kier molecular flexibility index (Phi) is 4.91. The van der Waals surface area contributed by atoms with Gasteiger partial charge in [0.15, 0.2) is 0 Å². The number of anilines is 1. The van der Waals surface area contributed by atoms with Gasteiger partial charge < -0.3 is 15.1 Å². The molecule has 0 aliphatic carbocycles. The van der Waals surface area contributed by atoms with Crippen LogP contribution in [0.3, 0.4) is 0 Å². The van der Waals surface area contributed by atoms with Gasteiger partial charge in [-0.05, 0) is 26.0 Å². The minimum absolute atomic E-state index is 0.0428. The van der Waals surface area contributed by atoms with E-state index in [1.165, 1.54) is 0 Å². The number of aliphatic hydroxyl groups is 2. The van der Waals surface area contributed by atoms with Gasteiger partial charge in [0.25, 0.3) is 0 Å². The van der Waals surface area contributed by atoms with Gasteiger partial charge in [-0.15, -0.1) is 0 Å². The first-order valence-corrected chi connectivity index (χ1v) is 7.36. The maximum absolute atomic E-state index is 9.87. The molecule has 0 amide bonds. The lowest BCUT2D eigenvalue weighted by atomic mass is 10.1. The lowest BCUT2D eigenvalue weighted by Gasteiger charge is -2.39. The Hall–Kier alpha value is -0.810. The van der Waals surface area contributed by atoms with Gasteiger partial charge in [-0.3, -0.25) is 4.90 Å². The summed E-state index contributed by atoms with van der Waals surface area (Å²) in [5.41, 5.74) is 1.15. The van der Waals surface area contributed by atoms with Gasteiger partial charge in [-0.1, -0.05) is 17.7 Å². The van der Waals surface area contributed by atoms with Crippen molar-refractivity contribution in [3.05, 3.63) is 28.8 Å². The summed E-state index contributed by atoms with van der Waals surface area (Å²) in [6, 6.07) is 5.73. The summed E-state index contributed by atoms with van der Waals surface area (Å²) in [6.07, 6.45) is 0. The predicted octanol–water partition coefficient (Wildman–Crippen LogP) is 1.73. The maximum Gasteiger partial charge on any atom is 0.0718 e. The van der Waals surface area contributed by atoms with E-state index in [0.717, 1.165) is 37.4 Å². The second-order valence-corrected chi connectivity index (χ2v) is 6.38. The number of halogens is 1. The summed E-state index contributed by atoms with van der Waals surface area (Å²) in [5.74, 6) is 0. The highest BCUT2D eigenvalue weighted by molar-refractivity contribution is 6.31. The van der Waals surface area contributed by atoms with Gasteiger partial charge >= 0.3 is 0 Å². The average Bonchev–Trinajstić information content (AvgIpc) is 2.37. The van der Waals surface area contributed by atoms with Crippen LogP contribution in [0.15, 0.2) is 18.2 Å². The van der Waals surface area contributed by atoms with Crippen LogP contribution in [-0.4, -0.2) is 53.4 Å². The molecule has 2 N–H and O–H groups in total. The van der Waals surface area contributed by atoms with Crippen LogP contribution in [0.25, 0.3) is 0 Å². The molecule has 2 rings (SSSR count). The molecule has 0 unspecified atom stereocenters. The van der Waals surface area contributed by atoms with Gasteiger partial charge in [-0.2, -0.15) is 0 Å². The summed E-state index contributed by atoms with van der Waals surface area (Å²) in [4.78, 5) is 4.51. The van der Waals surface area contributed by atoms with Gasteiger partial charge in [0, 0.05) is 49.0 Å². The van der Waals surface area contributed by atoms with E-state index in [1.54, 1.807) is 6.07 Å². The van der Waals surface area contributed by atoms with Crippen molar-refractivity contribution in [2.45, 2.75) is 26.1 Å². The van der Waals surface area contributed by atoms with Crippen LogP contribution in [0.1, 0.15) is 19.4 Å². The van der Waals surface area contributed by atoms with E-state index in [0.29, 0.717) is 11.6 Å². The van der Waals surface area contributed by atoms with E-state index in [-0.39, 0.29) is 6.61 Å². The largest absolute Gasteiger partial charge is 0.392 e. The highest BCUT2D eigenvalue weighted by Gasteiger charge is 2.24. The van der Waals surface area contributed by atoms with E-state index in [4.69, 9.17) is 11.6 Å². The molecule has 0 bridgehead atoms. The number of nitrogens with zero attached hydrogens (tertiary/aromatic N) is 2. The van der Waals surface area contributed by atoms with Crippen LogP contribution < -0.4 is 4.90 Å². The zero-order chi connectivity index (χ0) is 14.8. The molecule has 1 aromatic rings. The fourth-order valence-electron chi connectivity index (χ4n) is 2.69. The highest BCUT2D eigenvalue weighted by atomic mass is 35.5. The van der Waals surface area contributed by atoms with Gasteiger partial charge in [-0.25, -0.2) is 0 Å². The fraction of sp³-hybridized carbons (Fsp3) is 0.600. The van der Waals surface area contributed by atoms with Crippen LogP contribution in [0.2, 0.25) is 5.02 Å². The van der Waals surface area contributed by atoms with Crippen molar-refractivity contribution in [1.29, 1.82) is 0 Å². The molecule has 1 aliphatic heterocycles. The summed E-state index contributed by atoms with van der Waals surface area (Å²) in [7, 11) is 0. The Morgan fingerprint density at radius 1 is 1.20 bits per heavy atom. The third kappa shape index (κ3) is 3.85. The molecule has 4 nitrogen and oxygen atoms in total. The number of hydrogen-bond donors (Lipinski definition) is 2. The number of piperazine rings is 1. The number of hydrogen-bond acceptors (Lipinski definition) is 4. The molecule has 1 aromatic carbocycles. The zero-order valence-corrected chi connectivity index (χ0v) is 12.9. The van der Waals surface area contributed by atoms with Crippen molar-refractivity contribution in [2.75, 3.05) is 37.6 Å². The van der Waals surface area contributed by atoms with E-state index >= 15 is 0 Å². The fourth-order valence-corrected chi connectivity index (χ4v) is 2.92. The number of benzene rings is 1. The molecule has 20 heavy (non-hydrogen) atoms. The second kappa shape index (κ2) is 6.31. The van der Waals surface area contributed by atoms with Crippen molar-refractivity contribution >= 4 is 17.3 Å². The topological polar surface area (TPSA) is 46.9 Å². The lowest BCUT2D eigenvalue weighted by Crippen LogP contribution is -2.50. The molecule has 1 heterocycles. The molecule has 5 heteroatoms. The quantitative estimate of drug-likeness (QED) is 0.889. The summed E-state index contributed by atoms with van der Waals surface area (Å²) in [5, 5.41) is 20.0. The van der Waals surface area contributed by atoms with Crippen molar-refractivity contribution in [3.63, 3.8) is 0 Å². The first-order valence-electron chi connectivity index (χ1n) is 6.98. The lowest BCUT2D eigenvalue weighted by molar-refractivity contribution is 0.0345. The van der Waals surface area contributed by atoms with Crippen molar-refractivity contribution < 1.29 is 10.2 Å². The maximum atomic E-state index is 9.87. The van der Waals surface area contributed by atoms with Crippen LogP contribution in [0, 0.1) is 0 Å². The molecule has 1 fully saturated rings. The van der Waals surface area contributed by atoms with Crippen molar-refractivity contribution in [1.82, 2.24) is 4.90 Å².